The van der Waals surface area contributed by atoms with Crippen molar-refractivity contribution in [1.82, 2.24) is 0 Å². The first kappa shape index (κ1) is 10.2. The average Bonchev–Trinajstić information content (AvgIpc) is 2.03. The Kier molecular flexibility index (Phi) is 8.57. The Morgan fingerprint density at radius 1 is 1.09 bits per heavy atom. The maximum absolute atomic E-state index is 5.15. The van der Waals surface area contributed by atoms with Gasteiger partial charge in [0.15, 0.2) is 0 Å². The van der Waals surface area contributed by atoms with Crippen molar-refractivity contribution in [1.29, 1.82) is 0 Å². The molecule has 0 saturated heterocycles. The summed E-state index contributed by atoms with van der Waals surface area (Å²) in [6.07, 6.45) is 14.6. The van der Waals surface area contributed by atoms with Crippen molar-refractivity contribution in [2.75, 3.05) is 0 Å². The van der Waals surface area contributed by atoms with E-state index in [1.54, 1.807) is 0 Å². The Hall–Kier alpha value is -0.780. The molecule has 0 N–H and O–H groups in total. The van der Waals surface area contributed by atoms with Crippen molar-refractivity contribution in [3.63, 3.8) is 0 Å². The SMILES string of the molecule is [CH]=CC=CC=CCCCCC. The highest BCUT2D eigenvalue weighted by Gasteiger charge is 1.79. The summed E-state index contributed by atoms with van der Waals surface area (Å²) in [5.74, 6) is 0. The minimum absolute atomic E-state index is 1.18. The summed E-state index contributed by atoms with van der Waals surface area (Å²) in [6.45, 7) is 7.36. The lowest BCUT2D eigenvalue weighted by Gasteiger charge is -1.89. The normalized spacial score (nSPS) is 11.4. The molecular weight excluding hydrogens is 132 g/mol. The maximum atomic E-state index is 5.15. The topological polar surface area (TPSA) is 0 Å². The van der Waals surface area contributed by atoms with Crippen LogP contribution in [-0.2, 0) is 0 Å². The molecular formula is C11H17. The van der Waals surface area contributed by atoms with Gasteiger partial charge in [0.2, 0.25) is 0 Å². The molecule has 0 amide bonds. The molecule has 0 aromatic carbocycles. The minimum atomic E-state index is 1.18. The zero-order valence-corrected chi connectivity index (χ0v) is 7.29. The fourth-order valence-electron chi connectivity index (χ4n) is 0.815. The van der Waals surface area contributed by atoms with Crippen LogP contribution in [0.25, 0.3) is 0 Å². The van der Waals surface area contributed by atoms with Crippen LogP contribution in [0.15, 0.2) is 30.4 Å². The van der Waals surface area contributed by atoms with Crippen LogP contribution in [0.3, 0.4) is 0 Å². The van der Waals surface area contributed by atoms with Gasteiger partial charge in [-0.05, 0) is 12.8 Å². The average molecular weight is 149 g/mol. The standard InChI is InChI=1S/C11H17/c1-3-5-7-9-11-10-8-6-4-2/h1,3,5,7,9,11H,4,6,8,10H2,2H3. The van der Waals surface area contributed by atoms with E-state index in [2.05, 4.69) is 13.0 Å². The van der Waals surface area contributed by atoms with Gasteiger partial charge in [0.1, 0.15) is 0 Å². The summed E-state index contributed by atoms with van der Waals surface area (Å²) in [5, 5.41) is 0. The quantitative estimate of drug-likeness (QED) is 0.399. The van der Waals surface area contributed by atoms with E-state index in [0.717, 1.165) is 0 Å². The fourth-order valence-corrected chi connectivity index (χ4v) is 0.815. The van der Waals surface area contributed by atoms with Gasteiger partial charge in [-0.2, -0.15) is 0 Å². The lowest BCUT2D eigenvalue weighted by molar-refractivity contribution is 0.729. The molecule has 0 heteroatoms. The summed E-state index contributed by atoms with van der Waals surface area (Å²) in [4.78, 5) is 0. The van der Waals surface area contributed by atoms with Gasteiger partial charge in [-0.1, -0.05) is 56.7 Å². The van der Waals surface area contributed by atoms with E-state index in [1.807, 2.05) is 18.2 Å². The lowest BCUT2D eigenvalue weighted by atomic mass is 10.2. The van der Waals surface area contributed by atoms with Gasteiger partial charge in [-0.3, -0.25) is 0 Å². The minimum Gasteiger partial charge on any atom is -0.0845 e. The molecule has 0 nitrogen and oxygen atoms in total. The van der Waals surface area contributed by atoms with E-state index in [1.165, 1.54) is 31.8 Å². The second kappa shape index (κ2) is 9.22. The smallest absolute Gasteiger partial charge is 0.0348 e. The largest absolute Gasteiger partial charge is 0.0845 e. The van der Waals surface area contributed by atoms with Gasteiger partial charge in [0, 0.05) is 0 Å². The zero-order valence-electron chi connectivity index (χ0n) is 7.29. The molecule has 0 aliphatic carbocycles. The van der Waals surface area contributed by atoms with Crippen molar-refractivity contribution in [3.8, 4) is 0 Å². The molecule has 11 heavy (non-hydrogen) atoms. The van der Waals surface area contributed by atoms with Gasteiger partial charge >= 0.3 is 0 Å². The van der Waals surface area contributed by atoms with Crippen molar-refractivity contribution < 1.29 is 0 Å². The van der Waals surface area contributed by atoms with E-state index in [9.17, 15) is 0 Å². The first-order valence-electron chi connectivity index (χ1n) is 4.28. The zero-order chi connectivity index (χ0) is 8.36. The Balaban J connectivity index is 3.15. The van der Waals surface area contributed by atoms with Gasteiger partial charge in [0.25, 0.3) is 0 Å². The van der Waals surface area contributed by atoms with E-state index in [4.69, 9.17) is 6.58 Å². The Labute approximate surface area is 70.3 Å². The van der Waals surface area contributed by atoms with Crippen molar-refractivity contribution in [2.24, 2.45) is 0 Å². The molecule has 0 fully saturated rings. The second-order valence-corrected chi connectivity index (χ2v) is 2.50. The lowest BCUT2D eigenvalue weighted by Crippen LogP contribution is -1.69. The summed E-state index contributed by atoms with van der Waals surface area (Å²) in [7, 11) is 0. The molecule has 0 aromatic rings. The molecule has 0 rings (SSSR count). The van der Waals surface area contributed by atoms with E-state index < -0.39 is 0 Å². The van der Waals surface area contributed by atoms with Crippen LogP contribution in [0.2, 0.25) is 0 Å². The Morgan fingerprint density at radius 3 is 2.55 bits per heavy atom. The number of hydrogen-bond acceptors (Lipinski definition) is 0. The monoisotopic (exact) mass is 149 g/mol. The molecule has 0 aromatic heterocycles. The van der Waals surface area contributed by atoms with E-state index in [-0.39, 0.29) is 0 Å². The van der Waals surface area contributed by atoms with Crippen LogP contribution >= 0.6 is 0 Å². The highest BCUT2D eigenvalue weighted by atomic mass is 13.9. The van der Waals surface area contributed by atoms with Crippen LogP contribution in [0, 0.1) is 6.58 Å². The van der Waals surface area contributed by atoms with Crippen molar-refractivity contribution in [3.05, 3.63) is 37.0 Å². The van der Waals surface area contributed by atoms with Crippen LogP contribution in [0.1, 0.15) is 32.6 Å². The predicted molar refractivity (Wildman–Crippen MR) is 51.3 cm³/mol. The molecule has 0 bridgehead atoms. The molecule has 0 unspecified atom stereocenters. The van der Waals surface area contributed by atoms with Crippen LogP contribution in [-0.4, -0.2) is 0 Å². The predicted octanol–water partition coefficient (Wildman–Crippen LogP) is 3.67. The summed E-state index contributed by atoms with van der Waals surface area (Å²) < 4.78 is 0. The van der Waals surface area contributed by atoms with Crippen molar-refractivity contribution in [2.45, 2.75) is 32.6 Å². The first-order valence-corrected chi connectivity index (χ1v) is 4.28. The first-order chi connectivity index (χ1) is 5.41. The third-order valence-electron chi connectivity index (χ3n) is 1.44. The summed E-state index contributed by atoms with van der Waals surface area (Å²) in [5.41, 5.74) is 0. The molecule has 0 aliphatic heterocycles. The maximum Gasteiger partial charge on any atom is -0.0348 e. The van der Waals surface area contributed by atoms with E-state index in [0.29, 0.717) is 0 Å². The highest BCUT2D eigenvalue weighted by Crippen LogP contribution is 1.99. The summed E-state index contributed by atoms with van der Waals surface area (Å²) >= 11 is 0. The molecule has 0 saturated carbocycles. The molecule has 1 radical (unpaired) electrons. The van der Waals surface area contributed by atoms with Gasteiger partial charge < -0.3 is 0 Å². The highest BCUT2D eigenvalue weighted by molar-refractivity contribution is 5.07. The van der Waals surface area contributed by atoms with Crippen molar-refractivity contribution >= 4 is 0 Å². The fraction of sp³-hybridized carbons (Fsp3) is 0.455. The van der Waals surface area contributed by atoms with Gasteiger partial charge in [-0.25, -0.2) is 0 Å². The number of rotatable bonds is 6. The molecule has 61 valence electrons. The molecule has 0 atom stereocenters. The van der Waals surface area contributed by atoms with Crippen LogP contribution < -0.4 is 0 Å². The molecule has 0 heterocycles. The van der Waals surface area contributed by atoms with Gasteiger partial charge in [-0.15, -0.1) is 0 Å². The van der Waals surface area contributed by atoms with Crippen LogP contribution in [0.5, 0.6) is 0 Å². The second-order valence-electron chi connectivity index (χ2n) is 2.50. The third kappa shape index (κ3) is 9.22. The Bertz CT molecular complexity index is 129. The van der Waals surface area contributed by atoms with Gasteiger partial charge in [0.05, 0.1) is 0 Å². The van der Waals surface area contributed by atoms with Crippen LogP contribution in [0.4, 0.5) is 0 Å². The van der Waals surface area contributed by atoms with E-state index >= 15 is 0 Å². The number of unbranched alkanes of at least 4 members (excludes halogenated alkanes) is 3. The summed E-state index contributed by atoms with van der Waals surface area (Å²) in [6, 6.07) is 0. The Morgan fingerprint density at radius 2 is 1.91 bits per heavy atom. The third-order valence-corrected chi connectivity index (χ3v) is 1.44. The number of allylic oxidation sites excluding steroid dienone is 5. The number of hydrogen-bond donors (Lipinski definition) is 0. The molecule has 0 aliphatic rings. The molecule has 0 spiro atoms.